The summed E-state index contributed by atoms with van der Waals surface area (Å²) in [6.45, 7) is 0. The second kappa shape index (κ2) is 13.4. The number of hydrogen-bond donors (Lipinski definition) is 1. The van der Waals surface area contributed by atoms with Gasteiger partial charge in [-0.1, -0.05) is 30.0 Å². The van der Waals surface area contributed by atoms with E-state index < -0.39 is 0 Å². The third-order valence-electron chi connectivity index (χ3n) is 5.76. The molecule has 0 aliphatic heterocycles. The van der Waals surface area contributed by atoms with Gasteiger partial charge in [-0.15, -0.1) is 10.2 Å². The third kappa shape index (κ3) is 6.29. The molecule has 0 saturated heterocycles. The minimum Gasteiger partial charge on any atom is -0.496 e. The number of hydrazone groups is 1. The largest absolute Gasteiger partial charge is 0.496 e. The number of thioether (sulfide) groups is 1. The molecule has 40 heavy (non-hydrogen) atoms. The van der Waals surface area contributed by atoms with E-state index in [1.54, 1.807) is 33.5 Å². The minimum atomic E-state index is -0.331. The third-order valence-corrected chi connectivity index (χ3v) is 6.69. The van der Waals surface area contributed by atoms with Crippen molar-refractivity contribution < 1.29 is 28.5 Å². The van der Waals surface area contributed by atoms with E-state index in [0.717, 1.165) is 11.3 Å². The van der Waals surface area contributed by atoms with Crippen LogP contribution in [0.1, 0.15) is 5.56 Å². The second-order valence-corrected chi connectivity index (χ2v) is 9.02. The lowest BCUT2D eigenvalue weighted by Gasteiger charge is -2.12. The summed E-state index contributed by atoms with van der Waals surface area (Å²) in [6, 6.07) is 18.6. The number of carbonyl (C=O) groups is 1. The van der Waals surface area contributed by atoms with Gasteiger partial charge < -0.3 is 23.7 Å². The van der Waals surface area contributed by atoms with Crippen LogP contribution in [0.5, 0.6) is 28.7 Å². The number of nitrogens with zero attached hydrogens (tertiary/aromatic N) is 4. The molecule has 208 valence electrons. The molecule has 11 nitrogen and oxygen atoms in total. The van der Waals surface area contributed by atoms with Gasteiger partial charge in [0.05, 0.1) is 53.1 Å². The Morgan fingerprint density at radius 1 is 0.850 bits per heavy atom. The number of hydrogen-bond acceptors (Lipinski definition) is 10. The summed E-state index contributed by atoms with van der Waals surface area (Å²) in [5.74, 6) is 3.03. The Kier molecular flexibility index (Phi) is 9.47. The monoisotopic (exact) mass is 563 g/mol. The molecule has 0 saturated carbocycles. The summed E-state index contributed by atoms with van der Waals surface area (Å²) >= 11 is 1.23. The van der Waals surface area contributed by atoms with Crippen LogP contribution in [0.2, 0.25) is 0 Å². The predicted molar refractivity (Wildman–Crippen MR) is 152 cm³/mol. The van der Waals surface area contributed by atoms with Crippen molar-refractivity contribution in [2.24, 2.45) is 5.10 Å². The number of nitrogens with one attached hydrogen (secondary N) is 1. The molecule has 3 aromatic carbocycles. The smallest absolute Gasteiger partial charge is 0.250 e. The first-order valence-corrected chi connectivity index (χ1v) is 13.0. The first kappa shape index (κ1) is 28.3. The molecule has 1 aromatic heterocycles. The molecule has 1 N–H and O–H groups in total. The van der Waals surface area contributed by atoms with Crippen LogP contribution < -0.4 is 29.1 Å². The molecule has 0 spiro atoms. The van der Waals surface area contributed by atoms with Crippen molar-refractivity contribution >= 4 is 23.9 Å². The van der Waals surface area contributed by atoms with Gasteiger partial charge in [-0.25, -0.2) is 5.43 Å². The summed E-state index contributed by atoms with van der Waals surface area (Å²) in [5.41, 5.74) is 4.71. The molecule has 0 unspecified atom stereocenters. The molecule has 0 bridgehead atoms. The van der Waals surface area contributed by atoms with Gasteiger partial charge in [-0.2, -0.15) is 5.10 Å². The number of amides is 1. The maximum absolute atomic E-state index is 12.7. The number of ether oxygens (including phenoxy) is 5. The van der Waals surface area contributed by atoms with Crippen LogP contribution in [-0.4, -0.2) is 68.2 Å². The van der Waals surface area contributed by atoms with Gasteiger partial charge in [0.2, 0.25) is 0 Å². The summed E-state index contributed by atoms with van der Waals surface area (Å²) in [6.07, 6.45) is 1.46. The van der Waals surface area contributed by atoms with E-state index in [4.69, 9.17) is 23.7 Å². The van der Waals surface area contributed by atoms with E-state index in [-0.39, 0.29) is 11.7 Å². The fourth-order valence-electron chi connectivity index (χ4n) is 3.83. The lowest BCUT2D eigenvalue weighted by molar-refractivity contribution is -0.118. The SMILES string of the molecule is COc1cc(OC)c(/C=N\NC(=O)CSc2nnc(-c3ccc(OC)c(OC)c3)n2-c2ccccc2)c(OC)c1. The van der Waals surface area contributed by atoms with E-state index >= 15 is 0 Å². The highest BCUT2D eigenvalue weighted by Crippen LogP contribution is 2.35. The van der Waals surface area contributed by atoms with Crippen LogP contribution in [-0.2, 0) is 4.79 Å². The standard InChI is InChI=1S/C28H29N5O6S/c1-35-20-14-23(37-3)21(24(15-20)38-4)16-29-30-26(34)17-40-28-32-31-27(33(28)19-9-7-6-8-10-19)18-11-12-22(36-2)25(13-18)39-5/h6-16H,17H2,1-5H3,(H,30,34)/b29-16-. The molecular weight excluding hydrogens is 534 g/mol. The lowest BCUT2D eigenvalue weighted by atomic mass is 10.2. The Morgan fingerprint density at radius 2 is 1.52 bits per heavy atom. The fourth-order valence-corrected chi connectivity index (χ4v) is 4.57. The van der Waals surface area contributed by atoms with Gasteiger partial charge in [0.25, 0.3) is 5.91 Å². The van der Waals surface area contributed by atoms with E-state index in [2.05, 4.69) is 20.7 Å². The van der Waals surface area contributed by atoms with Gasteiger partial charge in [0, 0.05) is 23.4 Å². The van der Waals surface area contributed by atoms with Crippen molar-refractivity contribution in [2.45, 2.75) is 5.16 Å². The van der Waals surface area contributed by atoms with Gasteiger partial charge >= 0.3 is 0 Å². The maximum Gasteiger partial charge on any atom is 0.250 e. The molecule has 0 atom stereocenters. The van der Waals surface area contributed by atoms with Crippen molar-refractivity contribution in [3.05, 3.63) is 66.2 Å². The van der Waals surface area contributed by atoms with Gasteiger partial charge in [-0.3, -0.25) is 9.36 Å². The van der Waals surface area contributed by atoms with Gasteiger partial charge in [0.1, 0.15) is 17.2 Å². The highest BCUT2D eigenvalue weighted by atomic mass is 32.2. The van der Waals surface area contributed by atoms with Crippen LogP contribution in [0.4, 0.5) is 0 Å². The normalized spacial score (nSPS) is 10.8. The number of methoxy groups -OCH3 is 5. The Bertz CT molecular complexity index is 1470. The molecule has 4 aromatic rings. The predicted octanol–water partition coefficient (Wildman–Crippen LogP) is 4.22. The van der Waals surface area contributed by atoms with E-state index in [0.29, 0.717) is 45.3 Å². The number of para-hydroxylation sites is 1. The number of rotatable bonds is 12. The molecule has 4 rings (SSSR count). The molecule has 1 amide bonds. The summed E-state index contributed by atoms with van der Waals surface area (Å²) in [7, 11) is 7.76. The van der Waals surface area contributed by atoms with E-state index in [9.17, 15) is 4.79 Å². The van der Waals surface area contributed by atoms with Crippen molar-refractivity contribution in [3.8, 4) is 45.8 Å². The molecule has 1 heterocycles. The van der Waals surface area contributed by atoms with E-state index in [1.807, 2.05) is 53.1 Å². The first-order valence-electron chi connectivity index (χ1n) is 12.0. The van der Waals surface area contributed by atoms with Crippen LogP contribution in [0.25, 0.3) is 17.1 Å². The summed E-state index contributed by atoms with van der Waals surface area (Å²) in [4.78, 5) is 12.7. The van der Waals surface area contributed by atoms with Crippen molar-refractivity contribution in [1.29, 1.82) is 0 Å². The van der Waals surface area contributed by atoms with E-state index in [1.165, 1.54) is 32.2 Å². The zero-order valence-corrected chi connectivity index (χ0v) is 23.5. The van der Waals surface area contributed by atoms with Crippen LogP contribution >= 0.6 is 11.8 Å². The van der Waals surface area contributed by atoms with Crippen molar-refractivity contribution in [3.63, 3.8) is 0 Å². The Hall–Kier alpha value is -4.71. The average Bonchev–Trinajstić information content (AvgIpc) is 3.43. The Balaban J connectivity index is 1.53. The molecular formula is C28H29N5O6S. The fraction of sp³-hybridized carbons (Fsp3) is 0.214. The van der Waals surface area contributed by atoms with Crippen LogP contribution in [0.3, 0.4) is 0 Å². The summed E-state index contributed by atoms with van der Waals surface area (Å²) in [5, 5.41) is 13.4. The Morgan fingerprint density at radius 3 is 2.15 bits per heavy atom. The van der Waals surface area contributed by atoms with Crippen LogP contribution in [0.15, 0.2) is 70.9 Å². The topological polar surface area (TPSA) is 118 Å². The van der Waals surface area contributed by atoms with Crippen molar-refractivity contribution in [1.82, 2.24) is 20.2 Å². The highest BCUT2D eigenvalue weighted by molar-refractivity contribution is 7.99. The van der Waals surface area contributed by atoms with Crippen molar-refractivity contribution in [2.75, 3.05) is 41.3 Å². The second-order valence-electron chi connectivity index (χ2n) is 8.07. The quantitative estimate of drug-likeness (QED) is 0.154. The number of benzene rings is 3. The summed E-state index contributed by atoms with van der Waals surface area (Å²) < 4.78 is 28.8. The first-order chi connectivity index (χ1) is 19.5. The number of aromatic nitrogens is 3. The molecule has 0 aliphatic rings. The van der Waals surface area contributed by atoms with Gasteiger partial charge in [0.15, 0.2) is 22.5 Å². The molecule has 12 heteroatoms. The van der Waals surface area contributed by atoms with Crippen LogP contribution in [0, 0.1) is 0 Å². The van der Waals surface area contributed by atoms with Gasteiger partial charge in [-0.05, 0) is 30.3 Å². The minimum absolute atomic E-state index is 0.0467. The maximum atomic E-state index is 12.7. The molecule has 0 fully saturated rings. The lowest BCUT2D eigenvalue weighted by Crippen LogP contribution is -2.20. The number of carbonyl (C=O) groups excluding carboxylic acids is 1. The Labute approximate surface area is 236 Å². The molecule has 0 radical (unpaired) electrons. The zero-order valence-electron chi connectivity index (χ0n) is 22.7. The average molecular weight is 564 g/mol. The molecule has 0 aliphatic carbocycles. The highest BCUT2D eigenvalue weighted by Gasteiger charge is 2.19. The zero-order chi connectivity index (χ0) is 28.5.